The predicted octanol–water partition coefficient (Wildman–Crippen LogP) is 3.54. The van der Waals surface area contributed by atoms with Gasteiger partial charge < -0.3 is 19.5 Å². The summed E-state index contributed by atoms with van der Waals surface area (Å²) in [4.78, 5) is 26.1. The third kappa shape index (κ3) is 3.67. The van der Waals surface area contributed by atoms with Crippen LogP contribution in [0.15, 0.2) is 24.3 Å². The molecule has 0 radical (unpaired) electrons. The molecule has 0 fully saturated rings. The summed E-state index contributed by atoms with van der Waals surface area (Å²) in [6, 6.07) is 7.04. The maximum atomic E-state index is 12.2. The van der Waals surface area contributed by atoms with Crippen LogP contribution in [0.25, 0.3) is 0 Å². The Labute approximate surface area is 155 Å². The monoisotopic (exact) mass is 373 g/mol. The number of thiophene rings is 1. The molecule has 1 aliphatic heterocycles. The van der Waals surface area contributed by atoms with Gasteiger partial charge in [0.2, 0.25) is 6.79 Å². The van der Waals surface area contributed by atoms with Crippen LogP contribution in [-0.2, 0) is 22.4 Å². The summed E-state index contributed by atoms with van der Waals surface area (Å²) in [6.45, 7) is -0.148. The molecule has 1 aliphatic carbocycles. The molecule has 0 spiro atoms. The SMILES string of the molecule is O=C(COC(=O)c1cc2c(s1)CCCCC2)Nc1ccc2c(c1)OCO2. The molecule has 26 heavy (non-hydrogen) atoms. The van der Waals surface area contributed by atoms with E-state index in [9.17, 15) is 9.59 Å². The fourth-order valence-corrected chi connectivity index (χ4v) is 4.29. The van der Waals surface area contributed by atoms with Crippen LogP contribution in [0, 0.1) is 0 Å². The fourth-order valence-electron chi connectivity index (χ4n) is 3.14. The van der Waals surface area contributed by atoms with Crippen LogP contribution < -0.4 is 14.8 Å². The van der Waals surface area contributed by atoms with Crippen molar-refractivity contribution >= 4 is 28.9 Å². The number of carbonyl (C=O) groups is 2. The maximum absolute atomic E-state index is 12.2. The number of carbonyl (C=O) groups excluding carboxylic acids is 2. The van der Waals surface area contributed by atoms with Gasteiger partial charge in [-0.25, -0.2) is 4.79 Å². The van der Waals surface area contributed by atoms with E-state index in [1.54, 1.807) is 18.2 Å². The zero-order valence-electron chi connectivity index (χ0n) is 14.2. The van der Waals surface area contributed by atoms with E-state index < -0.39 is 11.9 Å². The molecule has 0 saturated heterocycles. The van der Waals surface area contributed by atoms with Gasteiger partial charge in [-0.15, -0.1) is 11.3 Å². The van der Waals surface area contributed by atoms with Crippen LogP contribution in [0.4, 0.5) is 5.69 Å². The molecule has 4 rings (SSSR count). The highest BCUT2D eigenvalue weighted by atomic mass is 32.1. The zero-order valence-corrected chi connectivity index (χ0v) is 15.0. The Bertz CT molecular complexity index is 821. The van der Waals surface area contributed by atoms with Crippen LogP contribution >= 0.6 is 11.3 Å². The Hall–Kier alpha value is -2.54. The molecule has 136 valence electrons. The van der Waals surface area contributed by atoms with E-state index in [1.165, 1.54) is 34.6 Å². The molecule has 1 aromatic heterocycles. The lowest BCUT2D eigenvalue weighted by molar-refractivity contribution is -0.119. The van der Waals surface area contributed by atoms with E-state index in [0.717, 1.165) is 19.3 Å². The number of amides is 1. The minimum atomic E-state index is -0.441. The number of benzene rings is 1. The summed E-state index contributed by atoms with van der Waals surface area (Å²) in [5.41, 5.74) is 1.82. The molecule has 0 unspecified atom stereocenters. The van der Waals surface area contributed by atoms with Crippen LogP contribution in [-0.4, -0.2) is 25.3 Å². The van der Waals surface area contributed by atoms with Crippen molar-refractivity contribution in [3.63, 3.8) is 0 Å². The number of esters is 1. The van der Waals surface area contributed by atoms with Gasteiger partial charge in [0.1, 0.15) is 4.88 Å². The summed E-state index contributed by atoms with van der Waals surface area (Å²) in [5, 5.41) is 2.69. The van der Waals surface area contributed by atoms with Gasteiger partial charge in [0, 0.05) is 16.6 Å². The standard InChI is InChI=1S/C19H19NO5S/c21-18(20-13-6-7-14-15(9-13)25-11-24-14)10-23-19(22)17-8-12-4-2-1-3-5-16(12)26-17/h6-9H,1-5,10-11H2,(H,20,21). The van der Waals surface area contributed by atoms with Gasteiger partial charge in [0.25, 0.3) is 5.91 Å². The molecule has 1 N–H and O–H groups in total. The number of hydrogen-bond acceptors (Lipinski definition) is 6. The quantitative estimate of drug-likeness (QED) is 0.655. The highest BCUT2D eigenvalue weighted by Crippen LogP contribution is 2.34. The van der Waals surface area contributed by atoms with Gasteiger partial charge in [0.05, 0.1) is 0 Å². The Kier molecular flexibility index (Phi) is 4.79. The predicted molar refractivity (Wildman–Crippen MR) is 97.1 cm³/mol. The van der Waals surface area contributed by atoms with Crippen molar-refractivity contribution in [1.82, 2.24) is 0 Å². The van der Waals surface area contributed by atoms with Crippen molar-refractivity contribution in [1.29, 1.82) is 0 Å². The highest BCUT2D eigenvalue weighted by Gasteiger charge is 2.19. The first kappa shape index (κ1) is 16.9. The molecular weight excluding hydrogens is 354 g/mol. The fraction of sp³-hybridized carbons (Fsp3) is 0.368. The van der Waals surface area contributed by atoms with Crippen molar-refractivity contribution in [2.75, 3.05) is 18.7 Å². The smallest absolute Gasteiger partial charge is 0.348 e. The van der Waals surface area contributed by atoms with Crippen LogP contribution in [0.5, 0.6) is 11.5 Å². The number of rotatable bonds is 4. The minimum absolute atomic E-state index is 0.176. The lowest BCUT2D eigenvalue weighted by Gasteiger charge is -2.06. The summed E-state index contributed by atoms with van der Waals surface area (Å²) >= 11 is 1.49. The third-order valence-electron chi connectivity index (χ3n) is 4.44. The number of nitrogens with one attached hydrogen (secondary N) is 1. The second-order valence-electron chi connectivity index (χ2n) is 6.31. The number of aryl methyl sites for hydroxylation is 2. The number of ether oxygens (including phenoxy) is 3. The zero-order chi connectivity index (χ0) is 17.9. The number of fused-ring (bicyclic) bond motifs is 2. The summed E-state index contributed by atoms with van der Waals surface area (Å²) in [7, 11) is 0. The first-order chi connectivity index (χ1) is 12.7. The van der Waals surface area contributed by atoms with E-state index in [-0.39, 0.29) is 13.4 Å². The number of anilines is 1. The largest absolute Gasteiger partial charge is 0.454 e. The van der Waals surface area contributed by atoms with Gasteiger partial charge in [-0.05, 0) is 49.4 Å². The van der Waals surface area contributed by atoms with Crippen LogP contribution in [0.3, 0.4) is 0 Å². The Morgan fingerprint density at radius 1 is 1.08 bits per heavy atom. The average Bonchev–Trinajstić information content (AvgIpc) is 3.21. The second kappa shape index (κ2) is 7.37. The summed E-state index contributed by atoms with van der Waals surface area (Å²) < 4.78 is 15.7. The second-order valence-corrected chi connectivity index (χ2v) is 7.45. The molecule has 2 aliphatic rings. The van der Waals surface area contributed by atoms with Crippen molar-refractivity contribution in [3.8, 4) is 11.5 Å². The first-order valence-electron chi connectivity index (χ1n) is 8.67. The highest BCUT2D eigenvalue weighted by molar-refractivity contribution is 7.14. The van der Waals surface area contributed by atoms with Gasteiger partial charge in [-0.1, -0.05) is 6.42 Å². The molecular formula is C19H19NO5S. The van der Waals surface area contributed by atoms with Crippen molar-refractivity contribution in [3.05, 3.63) is 39.6 Å². The Morgan fingerprint density at radius 3 is 2.85 bits per heavy atom. The van der Waals surface area contributed by atoms with Crippen molar-refractivity contribution < 1.29 is 23.8 Å². The van der Waals surface area contributed by atoms with Crippen LogP contribution in [0.1, 0.15) is 39.4 Å². The van der Waals surface area contributed by atoms with E-state index in [4.69, 9.17) is 14.2 Å². The van der Waals surface area contributed by atoms with Crippen molar-refractivity contribution in [2.45, 2.75) is 32.1 Å². The van der Waals surface area contributed by atoms with Crippen molar-refractivity contribution in [2.24, 2.45) is 0 Å². The molecule has 0 saturated carbocycles. The average molecular weight is 373 g/mol. The lowest BCUT2D eigenvalue weighted by atomic mass is 10.1. The maximum Gasteiger partial charge on any atom is 0.348 e. The molecule has 0 atom stereocenters. The topological polar surface area (TPSA) is 73.9 Å². The summed E-state index contributed by atoms with van der Waals surface area (Å²) in [6.07, 6.45) is 5.61. The first-order valence-corrected chi connectivity index (χ1v) is 9.49. The van der Waals surface area contributed by atoms with Gasteiger partial charge in [-0.3, -0.25) is 4.79 Å². The lowest BCUT2D eigenvalue weighted by Crippen LogP contribution is -2.20. The molecule has 2 aromatic rings. The Balaban J connectivity index is 1.32. The van der Waals surface area contributed by atoms with Crippen LogP contribution in [0.2, 0.25) is 0 Å². The van der Waals surface area contributed by atoms with E-state index >= 15 is 0 Å². The van der Waals surface area contributed by atoms with E-state index in [0.29, 0.717) is 22.1 Å². The minimum Gasteiger partial charge on any atom is -0.454 e. The molecule has 1 amide bonds. The molecule has 6 nitrogen and oxygen atoms in total. The summed E-state index contributed by atoms with van der Waals surface area (Å²) in [5.74, 6) is 0.394. The molecule has 2 heterocycles. The normalized spacial score (nSPS) is 15.1. The Morgan fingerprint density at radius 2 is 1.92 bits per heavy atom. The van der Waals surface area contributed by atoms with Gasteiger partial charge in [-0.2, -0.15) is 0 Å². The molecule has 1 aromatic carbocycles. The molecule has 0 bridgehead atoms. The van der Waals surface area contributed by atoms with Gasteiger partial charge in [0.15, 0.2) is 18.1 Å². The number of hydrogen-bond donors (Lipinski definition) is 1. The van der Waals surface area contributed by atoms with E-state index in [2.05, 4.69) is 5.32 Å². The third-order valence-corrected chi connectivity index (χ3v) is 5.66. The van der Waals surface area contributed by atoms with E-state index in [1.807, 2.05) is 6.07 Å². The van der Waals surface area contributed by atoms with Gasteiger partial charge >= 0.3 is 5.97 Å². The molecule has 7 heteroatoms.